The maximum atomic E-state index is 9.14. The van der Waals surface area contributed by atoms with E-state index >= 15 is 0 Å². The SMILES string of the molecule is OCCc1ccccc1Oc1ncccc1CNC1CC1. The van der Waals surface area contributed by atoms with Gasteiger partial charge in [-0.15, -0.1) is 0 Å². The Balaban J connectivity index is 1.77. The number of aliphatic hydroxyl groups is 1. The van der Waals surface area contributed by atoms with Crippen LogP contribution in [0.3, 0.4) is 0 Å². The molecule has 0 radical (unpaired) electrons. The van der Waals surface area contributed by atoms with Gasteiger partial charge in [0.1, 0.15) is 5.75 Å². The molecular formula is C17H20N2O2. The Morgan fingerprint density at radius 3 is 2.76 bits per heavy atom. The standard InChI is InChI=1S/C17H20N2O2/c20-11-9-13-4-1-2-6-16(13)21-17-14(5-3-10-18-17)12-19-15-7-8-15/h1-6,10,15,19-20H,7-9,11-12H2. The molecule has 0 bridgehead atoms. The fraction of sp³-hybridized carbons (Fsp3) is 0.353. The van der Waals surface area contributed by atoms with Gasteiger partial charge in [-0.3, -0.25) is 0 Å². The number of hydrogen-bond acceptors (Lipinski definition) is 4. The summed E-state index contributed by atoms with van der Waals surface area (Å²) in [6.45, 7) is 0.884. The molecule has 0 spiro atoms. The summed E-state index contributed by atoms with van der Waals surface area (Å²) in [5, 5.41) is 12.6. The maximum absolute atomic E-state index is 9.14. The average molecular weight is 284 g/mol. The normalized spacial score (nSPS) is 14.1. The predicted molar refractivity (Wildman–Crippen MR) is 81.4 cm³/mol. The zero-order chi connectivity index (χ0) is 14.5. The molecular weight excluding hydrogens is 264 g/mol. The summed E-state index contributed by atoms with van der Waals surface area (Å²) in [4.78, 5) is 4.35. The lowest BCUT2D eigenvalue weighted by molar-refractivity contribution is 0.297. The van der Waals surface area contributed by atoms with Crippen molar-refractivity contribution in [3.05, 3.63) is 53.7 Å². The molecule has 1 heterocycles. The summed E-state index contributed by atoms with van der Waals surface area (Å²) in [6.07, 6.45) is 4.84. The second-order valence-electron chi connectivity index (χ2n) is 5.31. The number of pyridine rings is 1. The number of aromatic nitrogens is 1. The van der Waals surface area contributed by atoms with E-state index in [9.17, 15) is 0 Å². The average Bonchev–Trinajstić information content (AvgIpc) is 3.33. The summed E-state index contributed by atoms with van der Waals surface area (Å²) in [7, 11) is 0. The van der Waals surface area contributed by atoms with Crippen LogP contribution in [0, 0.1) is 0 Å². The predicted octanol–water partition coefficient (Wildman–Crippen LogP) is 2.66. The van der Waals surface area contributed by atoms with Gasteiger partial charge in [-0.1, -0.05) is 24.3 Å². The van der Waals surface area contributed by atoms with Crippen molar-refractivity contribution >= 4 is 0 Å². The van der Waals surface area contributed by atoms with E-state index in [0.717, 1.165) is 23.4 Å². The molecule has 1 aromatic carbocycles. The Morgan fingerprint density at radius 1 is 1.14 bits per heavy atom. The van der Waals surface area contributed by atoms with Crippen LogP contribution in [0.5, 0.6) is 11.6 Å². The molecule has 3 rings (SSSR count). The van der Waals surface area contributed by atoms with Crippen molar-refractivity contribution in [3.63, 3.8) is 0 Å². The van der Waals surface area contributed by atoms with Gasteiger partial charge in [0.05, 0.1) is 0 Å². The van der Waals surface area contributed by atoms with Crippen molar-refractivity contribution in [2.24, 2.45) is 0 Å². The lowest BCUT2D eigenvalue weighted by atomic mass is 10.1. The summed E-state index contributed by atoms with van der Waals surface area (Å²) in [5.41, 5.74) is 2.05. The molecule has 2 aromatic rings. The third-order valence-corrected chi connectivity index (χ3v) is 3.57. The quantitative estimate of drug-likeness (QED) is 0.820. The number of nitrogens with zero attached hydrogens (tertiary/aromatic N) is 1. The monoisotopic (exact) mass is 284 g/mol. The zero-order valence-electron chi connectivity index (χ0n) is 12.0. The Kier molecular flexibility index (Phi) is 4.48. The van der Waals surface area contributed by atoms with Crippen LogP contribution in [0.25, 0.3) is 0 Å². The van der Waals surface area contributed by atoms with Crippen LogP contribution in [0.15, 0.2) is 42.6 Å². The molecule has 0 atom stereocenters. The molecule has 1 saturated carbocycles. The summed E-state index contributed by atoms with van der Waals surface area (Å²) >= 11 is 0. The van der Waals surface area contributed by atoms with Gasteiger partial charge in [-0.25, -0.2) is 4.98 Å². The van der Waals surface area contributed by atoms with E-state index in [1.807, 2.05) is 36.4 Å². The van der Waals surface area contributed by atoms with E-state index < -0.39 is 0 Å². The van der Waals surface area contributed by atoms with Crippen LogP contribution >= 0.6 is 0 Å². The highest BCUT2D eigenvalue weighted by Crippen LogP contribution is 2.27. The van der Waals surface area contributed by atoms with Gasteiger partial charge in [-0.05, 0) is 37.0 Å². The zero-order valence-corrected chi connectivity index (χ0v) is 12.0. The topological polar surface area (TPSA) is 54.4 Å². The Hall–Kier alpha value is -1.91. The molecule has 4 nitrogen and oxygen atoms in total. The molecule has 1 aliphatic carbocycles. The Labute approximate surface area is 124 Å². The summed E-state index contributed by atoms with van der Waals surface area (Å²) in [5.74, 6) is 1.40. The van der Waals surface area contributed by atoms with E-state index in [1.165, 1.54) is 12.8 Å². The molecule has 21 heavy (non-hydrogen) atoms. The van der Waals surface area contributed by atoms with Crippen LogP contribution in [-0.4, -0.2) is 22.7 Å². The smallest absolute Gasteiger partial charge is 0.223 e. The van der Waals surface area contributed by atoms with Crippen LogP contribution in [0.4, 0.5) is 0 Å². The minimum atomic E-state index is 0.110. The molecule has 2 N–H and O–H groups in total. The third-order valence-electron chi connectivity index (χ3n) is 3.57. The van der Waals surface area contributed by atoms with Crippen LogP contribution in [0.2, 0.25) is 0 Å². The van der Waals surface area contributed by atoms with Crippen molar-refractivity contribution in [2.45, 2.75) is 31.8 Å². The second kappa shape index (κ2) is 6.70. The van der Waals surface area contributed by atoms with Crippen molar-refractivity contribution in [1.29, 1.82) is 0 Å². The van der Waals surface area contributed by atoms with Gasteiger partial charge < -0.3 is 15.2 Å². The molecule has 0 saturated heterocycles. The van der Waals surface area contributed by atoms with Gasteiger partial charge in [-0.2, -0.15) is 0 Å². The fourth-order valence-corrected chi connectivity index (χ4v) is 2.23. The number of hydrogen-bond donors (Lipinski definition) is 2. The molecule has 0 aliphatic heterocycles. The lowest BCUT2D eigenvalue weighted by Crippen LogP contribution is -2.16. The number of benzene rings is 1. The second-order valence-corrected chi connectivity index (χ2v) is 5.31. The van der Waals surface area contributed by atoms with Crippen LogP contribution < -0.4 is 10.1 Å². The van der Waals surface area contributed by atoms with Crippen molar-refractivity contribution < 1.29 is 9.84 Å². The van der Waals surface area contributed by atoms with E-state index in [2.05, 4.69) is 10.3 Å². The molecule has 0 amide bonds. The number of para-hydroxylation sites is 1. The van der Waals surface area contributed by atoms with Gasteiger partial charge in [0.25, 0.3) is 0 Å². The summed E-state index contributed by atoms with van der Waals surface area (Å²) in [6, 6.07) is 12.4. The number of ether oxygens (including phenoxy) is 1. The largest absolute Gasteiger partial charge is 0.438 e. The fourth-order valence-electron chi connectivity index (χ4n) is 2.23. The lowest BCUT2D eigenvalue weighted by Gasteiger charge is -2.13. The molecule has 1 aromatic heterocycles. The van der Waals surface area contributed by atoms with Crippen LogP contribution in [0.1, 0.15) is 24.0 Å². The summed E-state index contributed by atoms with van der Waals surface area (Å²) < 4.78 is 5.98. The first kappa shape index (κ1) is 14.0. The van der Waals surface area contributed by atoms with Gasteiger partial charge in [0, 0.05) is 31.0 Å². The van der Waals surface area contributed by atoms with Gasteiger partial charge in [0.15, 0.2) is 0 Å². The highest BCUT2D eigenvalue weighted by Gasteiger charge is 2.21. The van der Waals surface area contributed by atoms with E-state index in [4.69, 9.17) is 9.84 Å². The van der Waals surface area contributed by atoms with Gasteiger partial charge in [0.2, 0.25) is 5.88 Å². The van der Waals surface area contributed by atoms with Crippen molar-refractivity contribution in [1.82, 2.24) is 10.3 Å². The Bertz CT molecular complexity index is 597. The molecule has 0 unspecified atom stereocenters. The molecule has 110 valence electrons. The van der Waals surface area contributed by atoms with E-state index in [1.54, 1.807) is 6.20 Å². The number of rotatable bonds is 7. The van der Waals surface area contributed by atoms with Crippen molar-refractivity contribution in [2.75, 3.05) is 6.61 Å². The minimum absolute atomic E-state index is 0.110. The first-order chi connectivity index (χ1) is 10.4. The molecule has 1 fully saturated rings. The maximum Gasteiger partial charge on any atom is 0.223 e. The first-order valence-corrected chi connectivity index (χ1v) is 7.40. The number of nitrogens with one attached hydrogen (secondary N) is 1. The van der Waals surface area contributed by atoms with E-state index in [0.29, 0.717) is 18.3 Å². The first-order valence-electron chi connectivity index (χ1n) is 7.40. The highest BCUT2D eigenvalue weighted by atomic mass is 16.5. The van der Waals surface area contributed by atoms with Gasteiger partial charge >= 0.3 is 0 Å². The Morgan fingerprint density at radius 2 is 1.95 bits per heavy atom. The van der Waals surface area contributed by atoms with E-state index in [-0.39, 0.29) is 6.61 Å². The third kappa shape index (κ3) is 3.80. The van der Waals surface area contributed by atoms with Crippen molar-refractivity contribution in [3.8, 4) is 11.6 Å². The highest BCUT2D eigenvalue weighted by molar-refractivity contribution is 5.38. The minimum Gasteiger partial charge on any atom is -0.438 e. The number of aliphatic hydroxyl groups excluding tert-OH is 1. The molecule has 1 aliphatic rings. The van der Waals surface area contributed by atoms with Crippen LogP contribution in [-0.2, 0) is 13.0 Å². The molecule has 4 heteroatoms.